The van der Waals surface area contributed by atoms with E-state index in [0.717, 1.165) is 12.8 Å². The SMILES string of the molecule is CCC1=Cc2c(cccc2-c2ccc3c4c(cccc24)CC3)C1. The summed E-state index contributed by atoms with van der Waals surface area (Å²) in [6, 6.07) is 18.4. The van der Waals surface area contributed by atoms with Gasteiger partial charge in [0.25, 0.3) is 0 Å². The van der Waals surface area contributed by atoms with Crippen LogP contribution in [0.2, 0.25) is 0 Å². The molecule has 23 heavy (non-hydrogen) atoms. The average molecular weight is 296 g/mol. The Balaban J connectivity index is 1.81. The highest BCUT2D eigenvalue weighted by Gasteiger charge is 2.20. The Morgan fingerprint density at radius 2 is 1.57 bits per heavy atom. The molecular formula is C23H20. The molecule has 0 saturated heterocycles. The Morgan fingerprint density at radius 1 is 0.783 bits per heavy atom. The highest BCUT2D eigenvalue weighted by atomic mass is 14.2. The van der Waals surface area contributed by atoms with Crippen molar-refractivity contribution >= 4 is 16.8 Å². The van der Waals surface area contributed by atoms with Gasteiger partial charge < -0.3 is 0 Å². The summed E-state index contributed by atoms with van der Waals surface area (Å²) in [5, 5.41) is 2.95. The summed E-state index contributed by atoms with van der Waals surface area (Å²) in [7, 11) is 0. The van der Waals surface area contributed by atoms with E-state index in [-0.39, 0.29) is 0 Å². The molecule has 0 atom stereocenters. The molecule has 2 aliphatic carbocycles. The molecule has 0 heterocycles. The number of hydrogen-bond acceptors (Lipinski definition) is 0. The van der Waals surface area contributed by atoms with Crippen molar-refractivity contribution in [2.45, 2.75) is 32.6 Å². The van der Waals surface area contributed by atoms with E-state index >= 15 is 0 Å². The van der Waals surface area contributed by atoms with Crippen LogP contribution in [0.5, 0.6) is 0 Å². The van der Waals surface area contributed by atoms with E-state index in [4.69, 9.17) is 0 Å². The summed E-state index contributed by atoms with van der Waals surface area (Å²) < 4.78 is 0. The smallest absolute Gasteiger partial charge is 0.00577 e. The molecule has 0 radical (unpaired) electrons. The van der Waals surface area contributed by atoms with Crippen LogP contribution < -0.4 is 0 Å². The Hall–Kier alpha value is -2.34. The maximum atomic E-state index is 2.42. The van der Waals surface area contributed by atoms with Crippen molar-refractivity contribution in [3.63, 3.8) is 0 Å². The van der Waals surface area contributed by atoms with Crippen molar-refractivity contribution in [2.24, 2.45) is 0 Å². The third-order valence-electron chi connectivity index (χ3n) is 5.58. The van der Waals surface area contributed by atoms with Gasteiger partial charge in [-0.1, -0.05) is 67.1 Å². The monoisotopic (exact) mass is 296 g/mol. The maximum Gasteiger partial charge on any atom is -0.00577 e. The van der Waals surface area contributed by atoms with E-state index in [1.54, 1.807) is 5.57 Å². The molecule has 0 N–H and O–H groups in total. The van der Waals surface area contributed by atoms with Crippen LogP contribution >= 0.6 is 0 Å². The van der Waals surface area contributed by atoms with Gasteiger partial charge in [-0.3, -0.25) is 0 Å². The summed E-state index contributed by atoms with van der Waals surface area (Å²) in [5.74, 6) is 0. The number of fused-ring (bicyclic) bond motifs is 1. The second-order valence-electron chi connectivity index (χ2n) is 6.82. The van der Waals surface area contributed by atoms with Gasteiger partial charge in [0.1, 0.15) is 0 Å². The largest absolute Gasteiger partial charge is 0.0655 e. The molecule has 2 aliphatic rings. The molecule has 0 aliphatic heterocycles. The lowest BCUT2D eigenvalue weighted by atomic mass is 9.91. The fourth-order valence-corrected chi connectivity index (χ4v) is 4.38. The lowest BCUT2D eigenvalue weighted by molar-refractivity contribution is 1.02. The number of allylic oxidation sites excluding steroid dienone is 1. The molecule has 0 saturated carbocycles. The highest BCUT2D eigenvalue weighted by molar-refractivity contribution is 6.03. The molecule has 0 nitrogen and oxygen atoms in total. The molecule has 0 spiro atoms. The summed E-state index contributed by atoms with van der Waals surface area (Å²) in [4.78, 5) is 0. The lowest BCUT2D eigenvalue weighted by Gasteiger charge is -2.12. The van der Waals surface area contributed by atoms with E-state index in [1.165, 1.54) is 57.0 Å². The Morgan fingerprint density at radius 3 is 2.43 bits per heavy atom. The minimum absolute atomic E-state index is 1.13. The third kappa shape index (κ3) is 1.84. The number of rotatable bonds is 2. The molecule has 5 rings (SSSR count). The summed E-state index contributed by atoms with van der Waals surface area (Å²) in [6.07, 6.45) is 7.10. The zero-order valence-corrected chi connectivity index (χ0v) is 13.5. The van der Waals surface area contributed by atoms with Crippen molar-refractivity contribution in [2.75, 3.05) is 0 Å². The third-order valence-corrected chi connectivity index (χ3v) is 5.58. The van der Waals surface area contributed by atoms with Crippen LogP contribution in [0, 0.1) is 0 Å². The van der Waals surface area contributed by atoms with E-state index in [0.29, 0.717) is 0 Å². The van der Waals surface area contributed by atoms with E-state index in [1.807, 2.05) is 0 Å². The van der Waals surface area contributed by atoms with Gasteiger partial charge >= 0.3 is 0 Å². The number of hydrogen-bond donors (Lipinski definition) is 0. The van der Waals surface area contributed by atoms with Gasteiger partial charge in [0, 0.05) is 0 Å². The summed E-state index contributed by atoms with van der Waals surface area (Å²) in [6.45, 7) is 2.26. The van der Waals surface area contributed by atoms with Gasteiger partial charge in [-0.15, -0.1) is 0 Å². The molecule has 0 fully saturated rings. The first-order chi connectivity index (χ1) is 11.3. The highest BCUT2D eigenvalue weighted by Crippen LogP contribution is 2.41. The first-order valence-electron chi connectivity index (χ1n) is 8.70. The molecule has 0 heteroatoms. The summed E-state index contributed by atoms with van der Waals surface area (Å²) in [5.41, 5.74) is 10.3. The van der Waals surface area contributed by atoms with Crippen LogP contribution in [-0.2, 0) is 19.3 Å². The second-order valence-corrected chi connectivity index (χ2v) is 6.82. The van der Waals surface area contributed by atoms with Gasteiger partial charge in [-0.05, 0) is 69.8 Å². The predicted octanol–water partition coefficient (Wildman–Crippen LogP) is 5.95. The maximum absolute atomic E-state index is 2.42. The molecule has 0 aromatic heterocycles. The molecule has 112 valence electrons. The van der Waals surface area contributed by atoms with Crippen molar-refractivity contribution in [3.8, 4) is 11.1 Å². The van der Waals surface area contributed by atoms with E-state index in [2.05, 4.69) is 61.5 Å². The average Bonchev–Trinajstić information content (AvgIpc) is 3.20. The number of aryl methyl sites for hydroxylation is 2. The quantitative estimate of drug-likeness (QED) is 0.547. The molecule has 0 bridgehead atoms. The van der Waals surface area contributed by atoms with Crippen LogP contribution in [0.1, 0.15) is 35.6 Å². The van der Waals surface area contributed by atoms with Gasteiger partial charge in [0.15, 0.2) is 0 Å². The lowest BCUT2D eigenvalue weighted by Crippen LogP contribution is -1.90. The Kier molecular flexibility index (Phi) is 2.76. The minimum Gasteiger partial charge on any atom is -0.0655 e. The number of benzene rings is 3. The van der Waals surface area contributed by atoms with Gasteiger partial charge in [-0.2, -0.15) is 0 Å². The van der Waals surface area contributed by atoms with Crippen LogP contribution in [0.3, 0.4) is 0 Å². The zero-order chi connectivity index (χ0) is 15.4. The zero-order valence-electron chi connectivity index (χ0n) is 13.5. The first-order valence-corrected chi connectivity index (χ1v) is 8.70. The van der Waals surface area contributed by atoms with Crippen LogP contribution in [0.25, 0.3) is 28.0 Å². The molecule has 3 aromatic rings. The van der Waals surface area contributed by atoms with Crippen molar-refractivity contribution in [1.29, 1.82) is 0 Å². The standard InChI is InChI=1S/C23H20/c1-2-15-13-18-6-4-7-19(22(18)14-15)20-12-11-17-10-9-16-5-3-8-21(20)23(16)17/h3-8,11-12,14H,2,9-10,13H2,1H3. The molecule has 0 unspecified atom stereocenters. The predicted molar refractivity (Wildman–Crippen MR) is 98.8 cm³/mol. The van der Waals surface area contributed by atoms with Crippen LogP contribution in [0.15, 0.2) is 54.1 Å². The second kappa shape index (κ2) is 4.83. The fourth-order valence-electron chi connectivity index (χ4n) is 4.38. The molecular weight excluding hydrogens is 276 g/mol. The van der Waals surface area contributed by atoms with Crippen LogP contribution in [-0.4, -0.2) is 0 Å². The van der Waals surface area contributed by atoms with Crippen LogP contribution in [0.4, 0.5) is 0 Å². The van der Waals surface area contributed by atoms with Crippen molar-refractivity contribution < 1.29 is 0 Å². The van der Waals surface area contributed by atoms with E-state index < -0.39 is 0 Å². The minimum atomic E-state index is 1.13. The van der Waals surface area contributed by atoms with Gasteiger partial charge in [-0.25, -0.2) is 0 Å². The fraction of sp³-hybridized carbons (Fsp3) is 0.217. The topological polar surface area (TPSA) is 0 Å². The molecule has 0 amide bonds. The normalized spacial score (nSPS) is 15.1. The Labute approximate surface area is 137 Å². The first kappa shape index (κ1) is 13.1. The Bertz CT molecular complexity index is 962. The van der Waals surface area contributed by atoms with Gasteiger partial charge in [0.05, 0.1) is 0 Å². The molecule has 3 aromatic carbocycles. The van der Waals surface area contributed by atoms with Gasteiger partial charge in [0.2, 0.25) is 0 Å². The van der Waals surface area contributed by atoms with Crippen molar-refractivity contribution in [3.05, 3.63) is 76.4 Å². The van der Waals surface area contributed by atoms with E-state index in [9.17, 15) is 0 Å². The van der Waals surface area contributed by atoms with Crippen molar-refractivity contribution in [1.82, 2.24) is 0 Å². The summed E-state index contributed by atoms with van der Waals surface area (Å²) >= 11 is 0.